The summed E-state index contributed by atoms with van der Waals surface area (Å²) in [5, 5.41) is 9.40. The molecular formula is C55H55N5OPt-2. The number of nitrogens with zero attached hydrogens (tertiary/aromatic N) is 5. The number of imidazole rings is 1. The molecule has 0 fully saturated rings. The second-order valence-corrected chi connectivity index (χ2v) is 21.4. The van der Waals surface area contributed by atoms with Crippen LogP contribution in [0.3, 0.4) is 0 Å². The van der Waals surface area contributed by atoms with Gasteiger partial charge in [-0.3, -0.25) is 0 Å². The number of fused-ring (bicyclic) bond motifs is 10. The van der Waals surface area contributed by atoms with Crippen LogP contribution in [-0.2, 0) is 55.2 Å². The van der Waals surface area contributed by atoms with E-state index in [1.807, 2.05) is 42.5 Å². The molecular weight excluding hydrogens is 942 g/mol. The Morgan fingerprint density at radius 2 is 1.13 bits per heavy atom. The van der Waals surface area contributed by atoms with Crippen molar-refractivity contribution in [1.29, 1.82) is 0 Å². The Balaban J connectivity index is 0.00000490. The predicted octanol–water partition coefficient (Wildman–Crippen LogP) is 12.2. The van der Waals surface area contributed by atoms with E-state index in [2.05, 4.69) is 172 Å². The van der Waals surface area contributed by atoms with E-state index < -0.39 is 5.41 Å². The van der Waals surface area contributed by atoms with Gasteiger partial charge in [0.1, 0.15) is 11.0 Å². The number of benzene rings is 6. The Morgan fingerprint density at radius 1 is 0.581 bits per heavy atom. The van der Waals surface area contributed by atoms with E-state index in [1.165, 1.54) is 55.6 Å². The summed E-state index contributed by atoms with van der Waals surface area (Å²) in [6.45, 7) is 28.3. The van der Waals surface area contributed by atoms with Crippen LogP contribution in [0.25, 0.3) is 44.6 Å². The summed E-state index contributed by atoms with van der Waals surface area (Å²) in [7, 11) is 2.09. The van der Waals surface area contributed by atoms with Crippen molar-refractivity contribution < 1.29 is 30.4 Å². The maximum atomic E-state index is 6.71. The summed E-state index contributed by atoms with van der Waals surface area (Å²) >= 11 is 0. The molecule has 0 atom stereocenters. The number of ether oxygens (including phenoxy) is 1. The zero-order valence-electron chi connectivity index (χ0n) is 38.2. The fraction of sp³-hybridized carbons (Fsp3) is 0.327. The number of aromatic nitrogens is 5. The fourth-order valence-corrected chi connectivity index (χ4v) is 9.83. The molecule has 0 saturated heterocycles. The maximum Gasteiger partial charge on any atom is 0.242 e. The van der Waals surface area contributed by atoms with Crippen LogP contribution < -0.4 is 9.30 Å². The smallest absolute Gasteiger partial charge is 0.242 e. The topological polar surface area (TPSA) is 48.8 Å². The van der Waals surface area contributed by atoms with Crippen LogP contribution in [0.5, 0.6) is 11.5 Å². The third-order valence-corrected chi connectivity index (χ3v) is 12.9. The van der Waals surface area contributed by atoms with Gasteiger partial charge in [-0.25, -0.2) is 0 Å². The van der Waals surface area contributed by atoms with Gasteiger partial charge >= 0.3 is 0 Å². The first-order valence-corrected chi connectivity index (χ1v) is 21.6. The molecule has 6 nitrogen and oxygen atoms in total. The van der Waals surface area contributed by atoms with Gasteiger partial charge in [-0.2, -0.15) is 27.1 Å². The Kier molecular flexibility index (Phi) is 9.37. The molecule has 0 amide bonds. The molecule has 1 aliphatic heterocycles. The van der Waals surface area contributed by atoms with Crippen molar-refractivity contribution in [2.45, 2.75) is 110 Å². The number of rotatable bonds is 3. The molecule has 0 bridgehead atoms. The quantitative estimate of drug-likeness (QED) is 0.131. The molecule has 1 aliphatic carbocycles. The number of para-hydroxylation sites is 1. The monoisotopic (exact) mass is 996 g/mol. The Bertz CT molecular complexity index is 3010. The van der Waals surface area contributed by atoms with Gasteiger partial charge in [-0.15, -0.1) is 35.9 Å². The minimum atomic E-state index is -0.679. The zero-order chi connectivity index (χ0) is 43.2. The normalized spacial score (nSPS) is 14.2. The first-order valence-electron chi connectivity index (χ1n) is 21.6. The van der Waals surface area contributed by atoms with E-state index in [-0.39, 0.29) is 42.7 Å². The fourth-order valence-electron chi connectivity index (χ4n) is 9.83. The second-order valence-electron chi connectivity index (χ2n) is 21.4. The summed E-state index contributed by atoms with van der Waals surface area (Å²) in [6, 6.07) is 42.3. The van der Waals surface area contributed by atoms with E-state index in [0.717, 1.165) is 27.8 Å². The first kappa shape index (κ1) is 42.0. The molecule has 8 aromatic rings. The van der Waals surface area contributed by atoms with Gasteiger partial charge in [-0.1, -0.05) is 143 Å². The predicted molar refractivity (Wildman–Crippen MR) is 246 cm³/mol. The molecule has 318 valence electrons. The van der Waals surface area contributed by atoms with Crippen molar-refractivity contribution >= 4 is 22.1 Å². The minimum Gasteiger partial charge on any atom is -0.510 e. The second kappa shape index (κ2) is 13.8. The first-order chi connectivity index (χ1) is 28.7. The molecule has 0 unspecified atom stereocenters. The molecule has 2 aliphatic rings. The molecule has 6 aromatic carbocycles. The van der Waals surface area contributed by atoms with Crippen LogP contribution in [0.4, 0.5) is 0 Å². The maximum absolute atomic E-state index is 6.71. The van der Waals surface area contributed by atoms with E-state index in [4.69, 9.17) is 14.9 Å². The van der Waals surface area contributed by atoms with Crippen molar-refractivity contribution in [3.8, 4) is 34.0 Å². The molecule has 7 heteroatoms. The van der Waals surface area contributed by atoms with E-state index >= 15 is 0 Å². The standard InChI is InChI=1S/C55H55N5O.Pt/c1-51(2,3)33-26-38-39-27-34(52(4,5)6)29-43(54(10,11)12)49(39)55(48(38)42(28-33)53(7,8)9)40-25-24-37(31-47(40)59-32-58(13)46-23-17-20-41(55)50(46)59)61-36-19-16-18-35(30-36)60-56-44-21-14-15-22-45(44)57-60;/h14-29H,1-13H3;/q-2;. The Hall–Kier alpha value is -5.32. The van der Waals surface area contributed by atoms with E-state index in [0.29, 0.717) is 17.2 Å². The number of aryl methyl sites for hydroxylation is 1. The molecule has 0 N–H and O–H groups in total. The van der Waals surface area contributed by atoms with Crippen molar-refractivity contribution in [3.63, 3.8) is 0 Å². The van der Waals surface area contributed by atoms with Crippen LogP contribution in [0.1, 0.15) is 128 Å². The molecule has 0 radical (unpaired) electrons. The molecule has 62 heavy (non-hydrogen) atoms. The Labute approximate surface area is 381 Å². The van der Waals surface area contributed by atoms with Crippen molar-refractivity contribution in [3.05, 3.63) is 160 Å². The third-order valence-electron chi connectivity index (χ3n) is 12.9. The number of hydrogen-bond donors (Lipinski definition) is 0. The summed E-state index contributed by atoms with van der Waals surface area (Å²) in [5.41, 5.74) is 17.6. The summed E-state index contributed by atoms with van der Waals surface area (Å²) in [6.07, 6.45) is 3.71. The zero-order valence-corrected chi connectivity index (χ0v) is 40.5. The van der Waals surface area contributed by atoms with Gasteiger partial charge in [0, 0.05) is 38.0 Å². The van der Waals surface area contributed by atoms with Crippen LogP contribution in [0, 0.1) is 18.5 Å². The Morgan fingerprint density at radius 3 is 1.68 bits per heavy atom. The van der Waals surface area contributed by atoms with E-state index in [9.17, 15) is 0 Å². The summed E-state index contributed by atoms with van der Waals surface area (Å²) in [5.74, 6) is 1.15. The molecule has 10 rings (SSSR count). The molecule has 2 aromatic heterocycles. The van der Waals surface area contributed by atoms with E-state index in [1.54, 1.807) is 4.80 Å². The van der Waals surface area contributed by atoms with Crippen LogP contribution in [0.15, 0.2) is 97.1 Å². The summed E-state index contributed by atoms with van der Waals surface area (Å²) < 4.78 is 11.1. The number of hydrogen-bond acceptors (Lipinski definition) is 3. The SMILES string of the molecule is C[n+]1[c-]n2c3c(cccc31)C1(c3ccc(Oc4[c-]c(-n5nc6ccccc6n5)ccc4)[c-]c3-2)c2c(cc(C(C)(C)C)cc2C(C)(C)C)-c2cc(C(C)(C)C)cc(C(C)(C)C)c21.[Pt]. The molecule has 1 spiro atoms. The van der Waals surface area contributed by atoms with Crippen LogP contribution >= 0.6 is 0 Å². The molecule has 3 heterocycles. The van der Waals surface area contributed by atoms with Gasteiger partial charge in [0.15, 0.2) is 0 Å². The largest absolute Gasteiger partial charge is 0.510 e. The van der Waals surface area contributed by atoms with Crippen molar-refractivity contribution in [2.24, 2.45) is 7.05 Å². The average Bonchev–Trinajstić information content (AvgIpc) is 3.86. The van der Waals surface area contributed by atoms with Gasteiger partial charge in [0.05, 0.1) is 18.1 Å². The van der Waals surface area contributed by atoms with Crippen LogP contribution in [0.2, 0.25) is 0 Å². The van der Waals surface area contributed by atoms with Gasteiger partial charge in [-0.05, 0) is 89.6 Å². The van der Waals surface area contributed by atoms with Gasteiger partial charge < -0.3 is 13.9 Å². The molecule has 0 saturated carbocycles. The van der Waals surface area contributed by atoms with Crippen LogP contribution in [-0.4, -0.2) is 19.6 Å². The third kappa shape index (κ3) is 6.26. The summed E-state index contributed by atoms with van der Waals surface area (Å²) in [4.78, 5) is 1.62. The van der Waals surface area contributed by atoms with Gasteiger partial charge in [0.25, 0.3) is 0 Å². The average molecular weight is 997 g/mol. The minimum absolute atomic E-state index is 0. The van der Waals surface area contributed by atoms with Gasteiger partial charge in [0.2, 0.25) is 6.33 Å². The van der Waals surface area contributed by atoms with Crippen molar-refractivity contribution in [1.82, 2.24) is 19.6 Å². The van der Waals surface area contributed by atoms with Crippen molar-refractivity contribution in [2.75, 3.05) is 0 Å².